The minimum atomic E-state index is -0.182. The van der Waals surface area contributed by atoms with Crippen LogP contribution in [0.1, 0.15) is 41.6 Å². The van der Waals surface area contributed by atoms with Crippen LogP contribution in [0.4, 0.5) is 0 Å². The SMILES string of the molecule is Cn1ncnc1C1C2=CNC(=O)C=C3N=NCC(=C32)CC1c1ccc(CN2CCC2)cc1. The van der Waals surface area contributed by atoms with Crippen LogP contribution in [0.15, 0.2) is 75.5 Å². The molecule has 0 bridgehead atoms. The van der Waals surface area contributed by atoms with Gasteiger partial charge in [0.15, 0.2) is 0 Å². The molecule has 2 aromatic rings. The molecule has 8 nitrogen and oxygen atoms in total. The fourth-order valence-corrected chi connectivity index (χ4v) is 5.24. The number of aryl methyl sites for hydroxylation is 1. The van der Waals surface area contributed by atoms with Gasteiger partial charge in [0.05, 0.1) is 18.2 Å². The molecule has 1 aromatic carbocycles. The van der Waals surface area contributed by atoms with Crippen LogP contribution in [0.25, 0.3) is 0 Å². The van der Waals surface area contributed by atoms with Crippen molar-refractivity contribution in [2.24, 2.45) is 17.3 Å². The maximum absolute atomic E-state index is 12.3. The van der Waals surface area contributed by atoms with E-state index in [1.54, 1.807) is 12.4 Å². The summed E-state index contributed by atoms with van der Waals surface area (Å²) in [7, 11) is 1.92. The van der Waals surface area contributed by atoms with Crippen LogP contribution >= 0.6 is 0 Å². The molecule has 1 fully saturated rings. The van der Waals surface area contributed by atoms with E-state index in [0.717, 1.165) is 29.9 Å². The van der Waals surface area contributed by atoms with Crippen molar-refractivity contribution < 1.29 is 4.79 Å². The topological polar surface area (TPSA) is 87.8 Å². The summed E-state index contributed by atoms with van der Waals surface area (Å²) in [5, 5.41) is 15.9. The van der Waals surface area contributed by atoms with E-state index in [-0.39, 0.29) is 17.7 Å². The third kappa shape index (κ3) is 3.22. The highest BCUT2D eigenvalue weighted by molar-refractivity contribution is 5.91. The summed E-state index contributed by atoms with van der Waals surface area (Å²) in [5.41, 5.74) is 6.55. The minimum absolute atomic E-state index is 0.0439. The summed E-state index contributed by atoms with van der Waals surface area (Å²) in [5.74, 6) is 0.830. The zero-order valence-electron chi connectivity index (χ0n) is 18.0. The first-order chi connectivity index (χ1) is 15.7. The lowest BCUT2D eigenvalue weighted by molar-refractivity contribution is -0.115. The molecule has 1 saturated heterocycles. The molecule has 6 rings (SSSR count). The van der Waals surface area contributed by atoms with Crippen molar-refractivity contribution in [2.75, 3.05) is 19.6 Å². The van der Waals surface area contributed by atoms with Gasteiger partial charge >= 0.3 is 0 Å². The van der Waals surface area contributed by atoms with E-state index in [0.29, 0.717) is 12.2 Å². The molecule has 8 heteroatoms. The number of nitrogens with one attached hydrogen (secondary N) is 1. The molecule has 1 N–H and O–H groups in total. The summed E-state index contributed by atoms with van der Waals surface area (Å²) < 4.78 is 1.84. The second kappa shape index (κ2) is 7.63. The van der Waals surface area contributed by atoms with Gasteiger partial charge in [0, 0.05) is 37.4 Å². The maximum Gasteiger partial charge on any atom is 0.250 e. The molecule has 4 aliphatic rings. The van der Waals surface area contributed by atoms with E-state index in [1.807, 2.05) is 17.9 Å². The molecule has 0 saturated carbocycles. The molecule has 3 aliphatic heterocycles. The molecule has 162 valence electrons. The minimum Gasteiger partial charge on any atom is -0.329 e. The standard InChI is InChI=1S/C24H25N7O/c1-30-24(26-14-28-30)23-18(16-5-3-15(4-6-16)13-31-7-2-8-31)9-17-11-27-29-20-10-21(32)25-12-19(23)22(17)20/h3-6,10,12,14,18,23H,2,7-9,11,13H2,1H3,(H,25,32). The Hall–Kier alpha value is -3.39. The molecule has 2 atom stereocenters. The predicted molar refractivity (Wildman–Crippen MR) is 118 cm³/mol. The predicted octanol–water partition coefficient (Wildman–Crippen LogP) is 2.95. The number of amides is 1. The van der Waals surface area contributed by atoms with Gasteiger partial charge in [-0.2, -0.15) is 15.3 Å². The normalized spacial score (nSPS) is 24.8. The van der Waals surface area contributed by atoms with Crippen LogP contribution in [0.5, 0.6) is 0 Å². The number of azo groups is 1. The summed E-state index contributed by atoms with van der Waals surface area (Å²) in [6, 6.07) is 9.01. The number of benzene rings is 1. The average Bonchev–Trinajstić information content (AvgIpc) is 3.11. The van der Waals surface area contributed by atoms with Crippen LogP contribution < -0.4 is 5.32 Å². The van der Waals surface area contributed by atoms with Gasteiger partial charge in [-0.15, -0.1) is 0 Å². The Morgan fingerprint density at radius 3 is 2.75 bits per heavy atom. The number of carbonyl (C=O) groups is 1. The number of carbonyl (C=O) groups excluding carboxylic acids is 1. The lowest BCUT2D eigenvalue weighted by Crippen LogP contribution is -2.36. The van der Waals surface area contributed by atoms with Crippen LogP contribution in [0, 0.1) is 0 Å². The van der Waals surface area contributed by atoms with Crippen LogP contribution in [0.2, 0.25) is 0 Å². The molecule has 0 radical (unpaired) electrons. The molecular formula is C24H25N7O. The largest absolute Gasteiger partial charge is 0.329 e. The Balaban J connectivity index is 1.44. The van der Waals surface area contributed by atoms with Crippen molar-refractivity contribution in [3.8, 4) is 0 Å². The zero-order valence-corrected chi connectivity index (χ0v) is 18.0. The second-order valence-corrected chi connectivity index (χ2v) is 8.92. The Morgan fingerprint density at radius 2 is 2.03 bits per heavy atom. The van der Waals surface area contributed by atoms with Gasteiger partial charge in [-0.05, 0) is 48.2 Å². The number of rotatable bonds is 4. The second-order valence-electron chi connectivity index (χ2n) is 8.92. The smallest absolute Gasteiger partial charge is 0.250 e. The van der Waals surface area contributed by atoms with E-state index >= 15 is 0 Å². The summed E-state index contributed by atoms with van der Waals surface area (Å²) in [6.07, 6.45) is 7.13. The van der Waals surface area contributed by atoms with Crippen LogP contribution in [0.3, 0.4) is 0 Å². The first kappa shape index (κ1) is 19.3. The number of nitrogens with zero attached hydrogens (tertiary/aromatic N) is 6. The summed E-state index contributed by atoms with van der Waals surface area (Å²) >= 11 is 0. The fourth-order valence-electron chi connectivity index (χ4n) is 5.24. The molecule has 0 spiro atoms. The number of hydrogen-bond acceptors (Lipinski definition) is 6. The van der Waals surface area contributed by atoms with E-state index in [9.17, 15) is 4.79 Å². The fraction of sp³-hybridized carbons (Fsp3) is 0.375. The third-order valence-electron chi connectivity index (χ3n) is 6.97. The quantitative estimate of drug-likeness (QED) is 0.813. The molecule has 1 amide bonds. The van der Waals surface area contributed by atoms with Crippen molar-refractivity contribution in [3.63, 3.8) is 0 Å². The molecule has 2 unspecified atom stereocenters. The molecule has 32 heavy (non-hydrogen) atoms. The van der Waals surface area contributed by atoms with Gasteiger partial charge in [-0.25, -0.2) is 4.98 Å². The van der Waals surface area contributed by atoms with Gasteiger partial charge in [0.2, 0.25) is 5.91 Å². The van der Waals surface area contributed by atoms with E-state index in [2.05, 4.69) is 54.8 Å². The van der Waals surface area contributed by atoms with E-state index < -0.39 is 0 Å². The Labute approximate surface area is 186 Å². The van der Waals surface area contributed by atoms with Crippen molar-refractivity contribution in [1.82, 2.24) is 25.0 Å². The van der Waals surface area contributed by atoms with Gasteiger partial charge in [0.25, 0.3) is 0 Å². The van der Waals surface area contributed by atoms with Crippen LogP contribution in [-0.2, 0) is 18.4 Å². The zero-order chi connectivity index (χ0) is 21.7. The van der Waals surface area contributed by atoms with E-state index in [4.69, 9.17) is 0 Å². The van der Waals surface area contributed by atoms with Gasteiger partial charge in [0.1, 0.15) is 12.2 Å². The lowest BCUT2D eigenvalue weighted by atomic mass is 9.68. The summed E-state index contributed by atoms with van der Waals surface area (Å²) in [4.78, 5) is 19.4. The highest BCUT2D eigenvalue weighted by atomic mass is 16.1. The lowest BCUT2D eigenvalue weighted by Gasteiger charge is -2.37. The van der Waals surface area contributed by atoms with Crippen LogP contribution in [-0.4, -0.2) is 45.2 Å². The number of allylic oxidation sites excluding steroid dienone is 1. The Bertz CT molecular complexity index is 1200. The first-order valence-electron chi connectivity index (χ1n) is 11.1. The molecule has 1 aliphatic carbocycles. The average molecular weight is 428 g/mol. The van der Waals surface area contributed by atoms with E-state index in [1.165, 1.54) is 36.2 Å². The van der Waals surface area contributed by atoms with Gasteiger partial charge in [-0.1, -0.05) is 24.3 Å². The van der Waals surface area contributed by atoms with Gasteiger partial charge in [-0.3, -0.25) is 14.4 Å². The van der Waals surface area contributed by atoms with Crippen molar-refractivity contribution in [1.29, 1.82) is 0 Å². The van der Waals surface area contributed by atoms with Crippen molar-refractivity contribution in [3.05, 3.63) is 82.2 Å². The third-order valence-corrected chi connectivity index (χ3v) is 6.97. The molecule has 1 aromatic heterocycles. The Morgan fingerprint density at radius 1 is 1.19 bits per heavy atom. The number of aromatic nitrogens is 3. The number of likely N-dealkylation sites (tertiary alicyclic amines) is 1. The Kier molecular flexibility index (Phi) is 4.61. The van der Waals surface area contributed by atoms with Gasteiger partial charge < -0.3 is 5.32 Å². The highest BCUT2D eigenvalue weighted by Crippen LogP contribution is 2.52. The van der Waals surface area contributed by atoms with Crippen molar-refractivity contribution in [2.45, 2.75) is 31.2 Å². The monoisotopic (exact) mass is 427 g/mol. The number of hydrogen-bond donors (Lipinski definition) is 1. The highest BCUT2D eigenvalue weighted by Gasteiger charge is 2.41. The first-order valence-corrected chi connectivity index (χ1v) is 11.1. The van der Waals surface area contributed by atoms with Crippen molar-refractivity contribution >= 4 is 5.91 Å². The maximum atomic E-state index is 12.3. The molecular weight excluding hydrogens is 402 g/mol. The summed E-state index contributed by atoms with van der Waals surface area (Å²) in [6.45, 7) is 3.96. The molecule has 4 heterocycles.